The minimum Gasteiger partial charge on any atom is -0.494 e. The van der Waals surface area contributed by atoms with E-state index in [-0.39, 0.29) is 41.9 Å². The van der Waals surface area contributed by atoms with E-state index in [1.165, 1.54) is 6.92 Å². The molecule has 1 atom stereocenters. The van der Waals surface area contributed by atoms with E-state index in [2.05, 4.69) is 5.32 Å². The molecule has 210 valence electrons. The summed E-state index contributed by atoms with van der Waals surface area (Å²) in [4.78, 5) is 53.7. The Morgan fingerprint density at radius 3 is 2.21 bits per heavy atom. The van der Waals surface area contributed by atoms with Crippen LogP contribution >= 0.6 is 0 Å². The molecule has 1 aromatic rings. The SMILES string of the molecule is CC(=O)NC(CCC(=O)OC(C)(C)C)C(=O)N1CCC2(CCN(C(=O)CCCOc3ccccc3)CC2)C1. The number of rotatable bonds is 10. The summed E-state index contributed by atoms with van der Waals surface area (Å²) in [5, 5.41) is 2.72. The van der Waals surface area contributed by atoms with E-state index >= 15 is 0 Å². The third-order valence-corrected chi connectivity index (χ3v) is 7.21. The number of nitrogens with one attached hydrogen (secondary N) is 1. The molecule has 9 heteroatoms. The molecule has 2 saturated heterocycles. The zero-order chi connectivity index (χ0) is 27.8. The highest BCUT2D eigenvalue weighted by molar-refractivity contribution is 5.87. The van der Waals surface area contributed by atoms with Crippen LogP contribution in [0, 0.1) is 5.41 Å². The van der Waals surface area contributed by atoms with E-state index in [1.54, 1.807) is 20.8 Å². The zero-order valence-corrected chi connectivity index (χ0v) is 23.3. The monoisotopic (exact) mass is 529 g/mol. The van der Waals surface area contributed by atoms with E-state index in [9.17, 15) is 19.2 Å². The van der Waals surface area contributed by atoms with Gasteiger partial charge in [-0.3, -0.25) is 19.2 Å². The van der Waals surface area contributed by atoms with E-state index < -0.39 is 11.6 Å². The molecule has 9 nitrogen and oxygen atoms in total. The number of ether oxygens (including phenoxy) is 2. The molecule has 2 heterocycles. The maximum absolute atomic E-state index is 13.3. The van der Waals surface area contributed by atoms with Gasteiger partial charge in [0.05, 0.1) is 6.61 Å². The van der Waals surface area contributed by atoms with Crippen LogP contribution in [0.5, 0.6) is 5.75 Å². The van der Waals surface area contributed by atoms with Crippen molar-refractivity contribution in [1.29, 1.82) is 0 Å². The third-order valence-electron chi connectivity index (χ3n) is 7.21. The second-order valence-electron chi connectivity index (χ2n) is 11.5. The highest BCUT2D eigenvalue weighted by Crippen LogP contribution is 2.40. The van der Waals surface area contributed by atoms with Crippen LogP contribution in [-0.2, 0) is 23.9 Å². The highest BCUT2D eigenvalue weighted by atomic mass is 16.6. The van der Waals surface area contributed by atoms with E-state index in [1.807, 2.05) is 40.1 Å². The molecule has 1 spiro atoms. The first-order chi connectivity index (χ1) is 18.0. The number of hydrogen-bond acceptors (Lipinski definition) is 6. The standard InChI is InChI=1S/C29H43N3O6/c1-22(33)30-24(12-13-26(35)38-28(2,3)4)27(36)32-19-16-29(21-32)14-17-31(18-15-29)25(34)11-8-20-37-23-9-6-5-7-10-23/h5-7,9-10,24H,8,11-21H2,1-4H3,(H,30,33). The van der Waals surface area contributed by atoms with Crippen molar-refractivity contribution in [1.82, 2.24) is 15.1 Å². The van der Waals surface area contributed by atoms with Crippen LogP contribution < -0.4 is 10.1 Å². The Labute approximate surface area is 226 Å². The summed E-state index contributed by atoms with van der Waals surface area (Å²) in [6, 6.07) is 8.84. The number of amides is 3. The highest BCUT2D eigenvalue weighted by Gasteiger charge is 2.43. The molecule has 0 saturated carbocycles. The maximum atomic E-state index is 13.3. The summed E-state index contributed by atoms with van der Waals surface area (Å²) >= 11 is 0. The van der Waals surface area contributed by atoms with Gasteiger partial charge in [-0.1, -0.05) is 18.2 Å². The molecule has 3 amide bonds. The Bertz CT molecular complexity index is 966. The number of piperidine rings is 1. The van der Waals surface area contributed by atoms with Crippen LogP contribution in [-0.4, -0.2) is 77.9 Å². The predicted molar refractivity (Wildman–Crippen MR) is 143 cm³/mol. The van der Waals surface area contributed by atoms with Crippen molar-refractivity contribution >= 4 is 23.7 Å². The van der Waals surface area contributed by atoms with Crippen LogP contribution in [0.3, 0.4) is 0 Å². The second kappa shape index (κ2) is 13.1. The topological polar surface area (TPSA) is 105 Å². The van der Waals surface area contributed by atoms with Gasteiger partial charge in [0.1, 0.15) is 17.4 Å². The smallest absolute Gasteiger partial charge is 0.306 e. The molecule has 0 aliphatic carbocycles. The largest absolute Gasteiger partial charge is 0.494 e. The van der Waals surface area contributed by atoms with Crippen molar-refractivity contribution in [3.05, 3.63) is 30.3 Å². The lowest BCUT2D eigenvalue weighted by atomic mass is 9.77. The molecule has 1 N–H and O–H groups in total. The number of para-hydroxylation sites is 1. The Morgan fingerprint density at radius 1 is 0.974 bits per heavy atom. The first-order valence-corrected chi connectivity index (χ1v) is 13.7. The van der Waals surface area contributed by atoms with Gasteiger partial charge in [0.2, 0.25) is 17.7 Å². The van der Waals surface area contributed by atoms with Gasteiger partial charge in [-0.15, -0.1) is 0 Å². The molecule has 0 aromatic heterocycles. The maximum Gasteiger partial charge on any atom is 0.306 e. The van der Waals surface area contributed by atoms with Crippen molar-refractivity contribution in [3.63, 3.8) is 0 Å². The van der Waals surface area contributed by atoms with Crippen LogP contribution in [0.4, 0.5) is 0 Å². The summed E-state index contributed by atoms with van der Waals surface area (Å²) in [5.41, 5.74) is -0.604. The molecule has 2 aliphatic heterocycles. The quantitative estimate of drug-likeness (QED) is 0.368. The Hall–Kier alpha value is -3.10. The lowest BCUT2D eigenvalue weighted by Crippen LogP contribution is -2.49. The number of nitrogens with zero attached hydrogens (tertiary/aromatic N) is 2. The number of hydrogen-bond donors (Lipinski definition) is 1. The van der Waals surface area contributed by atoms with Crippen LogP contribution in [0.25, 0.3) is 0 Å². The molecular formula is C29H43N3O6. The average Bonchev–Trinajstić information content (AvgIpc) is 3.27. The summed E-state index contributed by atoms with van der Waals surface area (Å²) in [7, 11) is 0. The van der Waals surface area contributed by atoms with Gasteiger partial charge >= 0.3 is 5.97 Å². The first-order valence-electron chi connectivity index (χ1n) is 13.7. The average molecular weight is 530 g/mol. The van der Waals surface area contributed by atoms with Gasteiger partial charge in [0.25, 0.3) is 0 Å². The molecule has 2 aliphatic rings. The second-order valence-corrected chi connectivity index (χ2v) is 11.5. The third kappa shape index (κ3) is 9.03. The van der Waals surface area contributed by atoms with Gasteiger partial charge in [-0.25, -0.2) is 0 Å². The summed E-state index contributed by atoms with van der Waals surface area (Å²) in [6.45, 7) is 9.88. The minimum absolute atomic E-state index is 0.00516. The fourth-order valence-corrected chi connectivity index (χ4v) is 5.23. The number of benzene rings is 1. The van der Waals surface area contributed by atoms with Gasteiger partial charge < -0.3 is 24.6 Å². The Morgan fingerprint density at radius 2 is 1.61 bits per heavy atom. The van der Waals surface area contributed by atoms with Crippen molar-refractivity contribution < 1.29 is 28.7 Å². The number of likely N-dealkylation sites (tertiary alicyclic amines) is 2. The fraction of sp³-hybridized carbons (Fsp3) is 0.655. The number of carbonyl (C=O) groups excluding carboxylic acids is 4. The van der Waals surface area contributed by atoms with Crippen molar-refractivity contribution in [2.24, 2.45) is 5.41 Å². The van der Waals surface area contributed by atoms with Gasteiger partial charge in [-0.05, 0) is 70.4 Å². The molecule has 3 rings (SSSR count). The summed E-state index contributed by atoms with van der Waals surface area (Å²) in [5.74, 6) is 0.114. The van der Waals surface area contributed by atoms with E-state index in [4.69, 9.17) is 9.47 Å². The first kappa shape index (κ1) is 29.5. The number of carbonyl (C=O) groups is 4. The molecule has 2 fully saturated rings. The number of esters is 1. The molecule has 1 unspecified atom stereocenters. The minimum atomic E-state index is -0.755. The fourth-order valence-electron chi connectivity index (χ4n) is 5.23. The van der Waals surface area contributed by atoms with Crippen molar-refractivity contribution in [2.45, 2.75) is 84.3 Å². The van der Waals surface area contributed by atoms with Gasteiger partial charge in [0, 0.05) is 45.9 Å². The predicted octanol–water partition coefficient (Wildman–Crippen LogP) is 3.31. The zero-order valence-electron chi connectivity index (χ0n) is 23.3. The van der Waals surface area contributed by atoms with Crippen LogP contribution in [0.1, 0.15) is 72.6 Å². The lowest BCUT2D eigenvalue weighted by molar-refractivity contribution is -0.155. The van der Waals surface area contributed by atoms with Crippen LogP contribution in [0.2, 0.25) is 0 Å². The van der Waals surface area contributed by atoms with Crippen molar-refractivity contribution in [2.75, 3.05) is 32.8 Å². The molecule has 38 heavy (non-hydrogen) atoms. The van der Waals surface area contributed by atoms with Gasteiger partial charge in [0.15, 0.2) is 0 Å². The molecule has 1 aromatic carbocycles. The van der Waals surface area contributed by atoms with E-state index in [0.29, 0.717) is 45.6 Å². The normalized spacial score (nSPS) is 17.7. The Balaban J connectivity index is 1.44. The molecule has 0 bridgehead atoms. The van der Waals surface area contributed by atoms with E-state index in [0.717, 1.165) is 25.0 Å². The lowest BCUT2D eigenvalue weighted by Gasteiger charge is -2.39. The molecule has 0 radical (unpaired) electrons. The Kier molecular flexibility index (Phi) is 10.2. The summed E-state index contributed by atoms with van der Waals surface area (Å²) < 4.78 is 11.0. The summed E-state index contributed by atoms with van der Waals surface area (Å²) in [6.07, 6.45) is 3.97. The van der Waals surface area contributed by atoms with Crippen molar-refractivity contribution in [3.8, 4) is 5.75 Å². The van der Waals surface area contributed by atoms with Gasteiger partial charge in [-0.2, -0.15) is 0 Å². The molecular weight excluding hydrogens is 486 g/mol. The van der Waals surface area contributed by atoms with Crippen LogP contribution in [0.15, 0.2) is 30.3 Å².